The normalized spacial score (nSPS) is 21.6. The van der Waals surface area contributed by atoms with Gasteiger partial charge in [0.1, 0.15) is 0 Å². The fourth-order valence-electron chi connectivity index (χ4n) is 4.62. The number of ether oxygens (including phenoxy) is 1. The number of rotatable bonds is 6. The van der Waals surface area contributed by atoms with Crippen molar-refractivity contribution >= 4 is 17.8 Å². The van der Waals surface area contributed by atoms with Gasteiger partial charge in [0.15, 0.2) is 0 Å². The molecule has 180 valence electrons. The molecule has 9 nitrogen and oxygen atoms in total. The van der Waals surface area contributed by atoms with Crippen molar-refractivity contribution in [1.82, 2.24) is 25.3 Å². The Kier molecular flexibility index (Phi) is 7.19. The molecule has 1 aromatic heterocycles. The average molecular weight is 457 g/mol. The fourth-order valence-corrected chi connectivity index (χ4v) is 4.62. The Bertz CT molecular complexity index is 969. The van der Waals surface area contributed by atoms with Crippen LogP contribution in [0.2, 0.25) is 0 Å². The van der Waals surface area contributed by atoms with Gasteiger partial charge < -0.3 is 24.7 Å². The number of aromatic nitrogens is 2. The highest BCUT2D eigenvalue weighted by atomic mass is 16.6. The Balaban J connectivity index is 1.41. The topological polar surface area (TPSA) is 95.8 Å². The van der Waals surface area contributed by atoms with Crippen molar-refractivity contribution in [2.45, 2.75) is 72.2 Å². The van der Waals surface area contributed by atoms with Crippen molar-refractivity contribution in [3.05, 3.63) is 34.7 Å². The van der Waals surface area contributed by atoms with Gasteiger partial charge in [0.05, 0.1) is 12.1 Å². The lowest BCUT2D eigenvalue weighted by Crippen LogP contribution is -2.54. The third-order valence-electron chi connectivity index (χ3n) is 6.38. The molecule has 1 aromatic carbocycles. The van der Waals surface area contributed by atoms with Crippen LogP contribution in [0.15, 0.2) is 16.5 Å². The molecule has 0 unspecified atom stereocenters. The summed E-state index contributed by atoms with van der Waals surface area (Å²) in [4.78, 5) is 16.6. The second-order valence-corrected chi connectivity index (χ2v) is 9.53. The third kappa shape index (κ3) is 5.65. The lowest BCUT2D eigenvalue weighted by atomic mass is 10.0. The first kappa shape index (κ1) is 23.5. The van der Waals surface area contributed by atoms with Gasteiger partial charge in [-0.1, -0.05) is 11.2 Å². The van der Waals surface area contributed by atoms with Gasteiger partial charge in [0.2, 0.25) is 5.89 Å². The fraction of sp³-hybridized carbons (Fsp3) is 0.625. The van der Waals surface area contributed by atoms with E-state index in [1.54, 1.807) is 0 Å². The molecule has 0 radical (unpaired) electrons. The van der Waals surface area contributed by atoms with Crippen LogP contribution in [0, 0.1) is 13.8 Å². The highest BCUT2D eigenvalue weighted by Crippen LogP contribution is 2.28. The molecule has 0 aliphatic carbocycles. The van der Waals surface area contributed by atoms with Gasteiger partial charge in [-0.3, -0.25) is 4.90 Å². The number of aryl methyl sites for hydroxylation is 1. The zero-order valence-electron chi connectivity index (χ0n) is 20.4. The monoisotopic (exact) mass is 456 g/mol. The minimum absolute atomic E-state index is 0.104. The molecule has 4 rings (SSSR count). The molecule has 1 amide bonds. The van der Waals surface area contributed by atoms with Crippen LogP contribution in [0.5, 0.6) is 0 Å². The van der Waals surface area contributed by atoms with Crippen LogP contribution < -0.4 is 10.6 Å². The van der Waals surface area contributed by atoms with Crippen LogP contribution in [-0.2, 0) is 11.3 Å². The summed E-state index contributed by atoms with van der Waals surface area (Å²) >= 11 is 0. The van der Waals surface area contributed by atoms with Gasteiger partial charge >= 0.3 is 12.1 Å². The summed E-state index contributed by atoms with van der Waals surface area (Å²) in [5.74, 6) is 0.642. The number of nitrogens with zero attached hydrogens (tertiary/aromatic N) is 4. The number of nitrogens with one attached hydrogen (secondary N) is 2. The maximum absolute atomic E-state index is 12.3. The SMILES string of the molecule is Cc1cc(CN2CCN(C(=O)OC(C)C)[C@@H](C)C2)c(C)c(Nc2nnc([C@@H]3CCCN3)o2)c1. The second kappa shape index (κ2) is 10.1. The molecule has 0 bridgehead atoms. The lowest BCUT2D eigenvalue weighted by Gasteiger charge is -2.39. The highest BCUT2D eigenvalue weighted by molar-refractivity contribution is 5.68. The zero-order valence-corrected chi connectivity index (χ0v) is 20.4. The summed E-state index contributed by atoms with van der Waals surface area (Å²) in [6.45, 7) is 14.2. The first-order valence-electron chi connectivity index (χ1n) is 11.9. The summed E-state index contributed by atoms with van der Waals surface area (Å²) in [5.41, 5.74) is 4.56. The number of anilines is 2. The number of benzene rings is 1. The summed E-state index contributed by atoms with van der Waals surface area (Å²) in [5, 5.41) is 15.1. The number of amides is 1. The molecule has 2 aromatic rings. The molecular formula is C24H36N6O3. The largest absolute Gasteiger partial charge is 0.447 e. The van der Waals surface area contributed by atoms with E-state index in [4.69, 9.17) is 9.15 Å². The van der Waals surface area contributed by atoms with Crippen molar-refractivity contribution in [2.24, 2.45) is 0 Å². The van der Waals surface area contributed by atoms with E-state index >= 15 is 0 Å². The standard InChI is InChI=1S/C24H36N6O3/c1-15(2)32-24(31)30-10-9-29(13-17(30)4)14-19-11-16(3)12-21(18(19)5)26-23-28-27-22(33-23)20-7-6-8-25-20/h11-12,15,17,20,25H,6-10,13-14H2,1-5H3,(H,26,28)/t17-,20-/m0/s1. The molecule has 2 fully saturated rings. The van der Waals surface area contributed by atoms with Crippen LogP contribution in [0.4, 0.5) is 16.5 Å². The molecule has 2 N–H and O–H groups in total. The minimum Gasteiger partial charge on any atom is -0.447 e. The molecule has 2 atom stereocenters. The predicted octanol–water partition coefficient (Wildman–Crippen LogP) is 3.91. The van der Waals surface area contributed by atoms with Gasteiger partial charge in [-0.05, 0) is 76.8 Å². The van der Waals surface area contributed by atoms with Gasteiger partial charge in [0.25, 0.3) is 0 Å². The van der Waals surface area contributed by atoms with E-state index in [0.29, 0.717) is 18.5 Å². The van der Waals surface area contributed by atoms with Crippen LogP contribution in [0.3, 0.4) is 0 Å². The number of carbonyl (C=O) groups excluding carboxylic acids is 1. The van der Waals surface area contributed by atoms with Gasteiger partial charge in [-0.15, -0.1) is 5.10 Å². The Morgan fingerprint density at radius 2 is 2.12 bits per heavy atom. The molecular weight excluding hydrogens is 420 g/mol. The van der Waals surface area contributed by atoms with E-state index in [9.17, 15) is 4.79 Å². The molecule has 0 spiro atoms. The van der Waals surface area contributed by atoms with Crippen molar-refractivity contribution in [2.75, 3.05) is 31.5 Å². The molecule has 0 saturated carbocycles. The Labute approximate surface area is 195 Å². The quantitative estimate of drug-likeness (QED) is 0.676. The number of piperazine rings is 1. The lowest BCUT2D eigenvalue weighted by molar-refractivity contribution is 0.0349. The summed E-state index contributed by atoms with van der Waals surface area (Å²) in [7, 11) is 0. The van der Waals surface area contributed by atoms with E-state index in [1.807, 2.05) is 18.7 Å². The molecule has 33 heavy (non-hydrogen) atoms. The van der Waals surface area contributed by atoms with Crippen molar-refractivity contribution in [3.63, 3.8) is 0 Å². The summed E-state index contributed by atoms with van der Waals surface area (Å²) in [6.07, 6.45) is 1.83. The van der Waals surface area contributed by atoms with E-state index in [0.717, 1.165) is 50.3 Å². The number of hydrogen-bond acceptors (Lipinski definition) is 8. The molecule has 2 aliphatic heterocycles. The highest BCUT2D eigenvalue weighted by Gasteiger charge is 2.29. The maximum Gasteiger partial charge on any atom is 0.410 e. The van der Waals surface area contributed by atoms with Gasteiger partial charge in [-0.2, -0.15) is 0 Å². The number of hydrogen-bond donors (Lipinski definition) is 2. The van der Waals surface area contributed by atoms with Crippen molar-refractivity contribution in [3.8, 4) is 0 Å². The molecule has 2 saturated heterocycles. The molecule has 9 heteroatoms. The van der Waals surface area contributed by atoms with E-state index in [-0.39, 0.29) is 24.3 Å². The number of carbonyl (C=O) groups is 1. The zero-order chi connectivity index (χ0) is 23.5. The minimum atomic E-state index is -0.220. The van der Waals surface area contributed by atoms with E-state index < -0.39 is 0 Å². The smallest absolute Gasteiger partial charge is 0.410 e. The molecule has 3 heterocycles. The summed E-state index contributed by atoms with van der Waals surface area (Å²) in [6, 6.07) is 5.02. The first-order chi connectivity index (χ1) is 15.8. The first-order valence-corrected chi connectivity index (χ1v) is 11.9. The van der Waals surface area contributed by atoms with Crippen LogP contribution in [0.1, 0.15) is 62.2 Å². The average Bonchev–Trinajstić information content (AvgIpc) is 3.43. The van der Waals surface area contributed by atoms with Crippen molar-refractivity contribution in [1.29, 1.82) is 0 Å². The maximum atomic E-state index is 12.3. The van der Waals surface area contributed by atoms with Crippen LogP contribution in [0.25, 0.3) is 0 Å². The second-order valence-electron chi connectivity index (χ2n) is 9.53. The van der Waals surface area contributed by atoms with Crippen LogP contribution >= 0.6 is 0 Å². The Morgan fingerprint density at radius 3 is 2.82 bits per heavy atom. The Morgan fingerprint density at radius 1 is 1.30 bits per heavy atom. The predicted molar refractivity (Wildman–Crippen MR) is 127 cm³/mol. The van der Waals surface area contributed by atoms with Gasteiger partial charge in [-0.25, -0.2) is 4.79 Å². The van der Waals surface area contributed by atoms with E-state index in [1.165, 1.54) is 11.1 Å². The Hall–Kier alpha value is -2.65. The van der Waals surface area contributed by atoms with Crippen molar-refractivity contribution < 1.29 is 13.9 Å². The van der Waals surface area contributed by atoms with Crippen LogP contribution in [-0.4, -0.2) is 64.4 Å². The third-order valence-corrected chi connectivity index (χ3v) is 6.38. The van der Waals surface area contributed by atoms with Gasteiger partial charge in [0, 0.05) is 37.9 Å². The molecule has 2 aliphatic rings. The summed E-state index contributed by atoms with van der Waals surface area (Å²) < 4.78 is 11.3. The van der Waals surface area contributed by atoms with E-state index in [2.05, 4.69) is 58.6 Å².